The zero-order valence-electron chi connectivity index (χ0n) is 17.9. The molecule has 162 valence electrons. The molecule has 2 rings (SSSR count). The molecule has 31 heavy (non-hydrogen) atoms. The quantitative estimate of drug-likeness (QED) is 0.367. The van der Waals surface area contributed by atoms with Crippen molar-refractivity contribution in [2.75, 3.05) is 39.8 Å². The van der Waals surface area contributed by atoms with Crippen LogP contribution in [0.25, 0.3) is 6.08 Å². The van der Waals surface area contributed by atoms with Gasteiger partial charge in [0.25, 0.3) is 5.91 Å². The fraction of sp³-hybridized carbons (Fsp3) is 0.261. The SMILES string of the molecule is COc1ccc(CN(C)C(=O)COC(=O)/C(C#N)=C/c2ccc(N(C)C)cc2)cc1F. The number of likely N-dealkylation sites (N-methyl/N-ethyl adjacent to an activating group) is 1. The first kappa shape index (κ1) is 23.4. The summed E-state index contributed by atoms with van der Waals surface area (Å²) in [7, 11) is 6.68. The fourth-order valence-electron chi connectivity index (χ4n) is 2.66. The highest BCUT2D eigenvalue weighted by Gasteiger charge is 2.16. The Kier molecular flexibility index (Phi) is 8.15. The van der Waals surface area contributed by atoms with E-state index in [4.69, 9.17) is 9.47 Å². The van der Waals surface area contributed by atoms with Crippen LogP contribution < -0.4 is 9.64 Å². The van der Waals surface area contributed by atoms with Crippen molar-refractivity contribution in [3.63, 3.8) is 0 Å². The van der Waals surface area contributed by atoms with Gasteiger partial charge in [-0.15, -0.1) is 0 Å². The first-order chi connectivity index (χ1) is 14.7. The van der Waals surface area contributed by atoms with Crippen LogP contribution in [0.5, 0.6) is 5.75 Å². The summed E-state index contributed by atoms with van der Waals surface area (Å²) in [6, 6.07) is 13.4. The van der Waals surface area contributed by atoms with Crippen LogP contribution in [0.2, 0.25) is 0 Å². The molecule has 0 aromatic heterocycles. The molecular weight excluding hydrogens is 401 g/mol. The van der Waals surface area contributed by atoms with Crippen molar-refractivity contribution >= 4 is 23.6 Å². The molecule has 0 bridgehead atoms. The zero-order valence-corrected chi connectivity index (χ0v) is 17.9. The molecule has 0 fully saturated rings. The average molecular weight is 425 g/mol. The number of ether oxygens (including phenoxy) is 2. The van der Waals surface area contributed by atoms with E-state index in [1.165, 1.54) is 37.3 Å². The van der Waals surface area contributed by atoms with Crippen LogP contribution in [0, 0.1) is 17.1 Å². The van der Waals surface area contributed by atoms with Gasteiger partial charge in [0.05, 0.1) is 7.11 Å². The molecule has 2 aromatic carbocycles. The molecular formula is C23H24FN3O4. The monoisotopic (exact) mass is 425 g/mol. The van der Waals surface area contributed by atoms with Crippen LogP contribution in [0.15, 0.2) is 48.0 Å². The summed E-state index contributed by atoms with van der Waals surface area (Å²) < 4.78 is 23.6. The van der Waals surface area contributed by atoms with Gasteiger partial charge in [-0.2, -0.15) is 5.26 Å². The van der Waals surface area contributed by atoms with Crippen molar-refractivity contribution in [1.29, 1.82) is 5.26 Å². The highest BCUT2D eigenvalue weighted by atomic mass is 19.1. The van der Waals surface area contributed by atoms with E-state index in [9.17, 15) is 19.2 Å². The summed E-state index contributed by atoms with van der Waals surface area (Å²) in [5.74, 6) is -1.80. The van der Waals surface area contributed by atoms with Crippen molar-refractivity contribution in [2.24, 2.45) is 0 Å². The Morgan fingerprint density at radius 3 is 2.35 bits per heavy atom. The number of hydrogen-bond donors (Lipinski definition) is 0. The van der Waals surface area contributed by atoms with Crippen molar-refractivity contribution in [3.05, 3.63) is 65.0 Å². The molecule has 0 unspecified atom stereocenters. The Labute approximate surface area is 180 Å². The number of nitrogens with zero attached hydrogens (tertiary/aromatic N) is 3. The van der Waals surface area contributed by atoms with Crippen molar-refractivity contribution in [1.82, 2.24) is 4.90 Å². The predicted octanol–water partition coefficient (Wildman–Crippen LogP) is 3.01. The number of hydrogen-bond acceptors (Lipinski definition) is 6. The highest BCUT2D eigenvalue weighted by molar-refractivity contribution is 5.98. The number of benzene rings is 2. The molecule has 0 spiro atoms. The first-order valence-electron chi connectivity index (χ1n) is 9.37. The second-order valence-electron chi connectivity index (χ2n) is 6.95. The van der Waals surface area contributed by atoms with Crippen LogP contribution in [0.4, 0.5) is 10.1 Å². The molecule has 0 atom stereocenters. The van der Waals surface area contributed by atoms with Crippen LogP contribution in [0.1, 0.15) is 11.1 Å². The summed E-state index contributed by atoms with van der Waals surface area (Å²) in [6.07, 6.45) is 1.40. The van der Waals surface area contributed by atoms with Gasteiger partial charge in [-0.05, 0) is 41.5 Å². The summed E-state index contributed by atoms with van der Waals surface area (Å²) in [6.45, 7) is -0.414. The minimum atomic E-state index is -0.892. The van der Waals surface area contributed by atoms with Gasteiger partial charge >= 0.3 is 5.97 Å². The van der Waals surface area contributed by atoms with Gasteiger partial charge in [-0.1, -0.05) is 18.2 Å². The number of esters is 1. The normalized spacial score (nSPS) is 10.8. The summed E-state index contributed by atoms with van der Waals surface area (Å²) in [5.41, 5.74) is 1.97. The predicted molar refractivity (Wildman–Crippen MR) is 115 cm³/mol. The lowest BCUT2D eigenvalue weighted by Gasteiger charge is -2.17. The van der Waals surface area contributed by atoms with Gasteiger partial charge in [-0.25, -0.2) is 9.18 Å². The molecule has 2 aromatic rings. The number of carbonyl (C=O) groups excluding carboxylic acids is 2. The largest absolute Gasteiger partial charge is 0.494 e. The van der Waals surface area contributed by atoms with Gasteiger partial charge in [0.15, 0.2) is 18.2 Å². The minimum absolute atomic E-state index is 0.110. The first-order valence-corrected chi connectivity index (χ1v) is 9.37. The smallest absolute Gasteiger partial charge is 0.349 e. The summed E-state index contributed by atoms with van der Waals surface area (Å²) in [5, 5.41) is 9.27. The summed E-state index contributed by atoms with van der Waals surface area (Å²) >= 11 is 0. The Bertz CT molecular complexity index is 1010. The van der Waals surface area contributed by atoms with Crippen molar-refractivity contribution in [3.8, 4) is 11.8 Å². The Balaban J connectivity index is 1.95. The number of amides is 1. The number of nitriles is 1. The van der Waals surface area contributed by atoms with E-state index in [1.807, 2.05) is 31.1 Å². The van der Waals surface area contributed by atoms with Gasteiger partial charge in [0.1, 0.15) is 11.6 Å². The van der Waals surface area contributed by atoms with Gasteiger partial charge in [0, 0.05) is 33.4 Å². The summed E-state index contributed by atoms with van der Waals surface area (Å²) in [4.78, 5) is 27.7. The molecule has 0 aliphatic heterocycles. The van der Waals surface area contributed by atoms with E-state index in [0.29, 0.717) is 11.1 Å². The van der Waals surface area contributed by atoms with Crippen molar-refractivity contribution in [2.45, 2.75) is 6.54 Å². The third kappa shape index (κ3) is 6.57. The Hall–Kier alpha value is -3.86. The molecule has 1 amide bonds. The fourth-order valence-corrected chi connectivity index (χ4v) is 2.66. The number of anilines is 1. The van der Waals surface area contributed by atoms with E-state index in [0.717, 1.165) is 5.69 Å². The van der Waals surface area contributed by atoms with E-state index in [-0.39, 0.29) is 17.9 Å². The minimum Gasteiger partial charge on any atom is -0.494 e. The van der Waals surface area contributed by atoms with E-state index in [1.54, 1.807) is 24.3 Å². The highest BCUT2D eigenvalue weighted by Crippen LogP contribution is 2.18. The van der Waals surface area contributed by atoms with Crippen LogP contribution in [-0.4, -0.2) is 51.6 Å². The van der Waals surface area contributed by atoms with Gasteiger partial charge in [-0.3, -0.25) is 4.79 Å². The third-order valence-corrected chi connectivity index (χ3v) is 4.45. The molecule has 8 heteroatoms. The van der Waals surface area contributed by atoms with E-state index < -0.39 is 24.3 Å². The maximum Gasteiger partial charge on any atom is 0.349 e. The van der Waals surface area contributed by atoms with Crippen LogP contribution in [0.3, 0.4) is 0 Å². The number of carbonyl (C=O) groups is 2. The van der Waals surface area contributed by atoms with Gasteiger partial charge in [0.2, 0.25) is 0 Å². The number of halogens is 1. The molecule has 0 aliphatic carbocycles. The lowest BCUT2D eigenvalue weighted by Crippen LogP contribution is -2.31. The van der Waals surface area contributed by atoms with Crippen LogP contribution >= 0.6 is 0 Å². The lowest BCUT2D eigenvalue weighted by atomic mass is 10.1. The maximum atomic E-state index is 13.8. The molecule has 0 N–H and O–H groups in total. The van der Waals surface area contributed by atoms with Gasteiger partial charge < -0.3 is 19.3 Å². The topological polar surface area (TPSA) is 82.9 Å². The van der Waals surface area contributed by atoms with E-state index in [2.05, 4.69) is 0 Å². The molecule has 0 saturated heterocycles. The number of rotatable bonds is 8. The molecule has 0 radical (unpaired) electrons. The van der Waals surface area contributed by atoms with Crippen LogP contribution in [-0.2, 0) is 20.9 Å². The standard InChI is InChI=1S/C23H24FN3O4/c1-26(2)19-8-5-16(6-9-19)11-18(13-25)23(29)31-15-22(28)27(3)14-17-7-10-21(30-4)20(24)12-17/h5-12H,14-15H2,1-4H3/b18-11+. The second-order valence-corrected chi connectivity index (χ2v) is 6.95. The Morgan fingerprint density at radius 1 is 1.13 bits per heavy atom. The molecule has 0 saturated carbocycles. The maximum absolute atomic E-state index is 13.8. The Morgan fingerprint density at radius 2 is 1.81 bits per heavy atom. The van der Waals surface area contributed by atoms with E-state index >= 15 is 0 Å². The zero-order chi connectivity index (χ0) is 23.0. The van der Waals surface area contributed by atoms with Crippen molar-refractivity contribution < 1.29 is 23.5 Å². The lowest BCUT2D eigenvalue weighted by molar-refractivity contribution is -0.148. The second kappa shape index (κ2) is 10.8. The molecule has 0 aliphatic rings. The third-order valence-electron chi connectivity index (χ3n) is 4.45. The number of methoxy groups -OCH3 is 1. The average Bonchev–Trinajstić information content (AvgIpc) is 2.75. The molecule has 0 heterocycles. The molecule has 7 nitrogen and oxygen atoms in total.